The van der Waals surface area contributed by atoms with Crippen LogP contribution in [-0.4, -0.2) is 27.7 Å². The molecule has 2 N–H and O–H groups in total. The van der Waals surface area contributed by atoms with Crippen molar-refractivity contribution in [3.8, 4) is 0 Å². The average molecular weight is 419 g/mol. The number of aliphatic hydroxyl groups is 2. The molecule has 0 amide bonds. The van der Waals surface area contributed by atoms with Gasteiger partial charge in [0.2, 0.25) is 0 Å². The number of carbonyl (C=O) groups excluding carboxylic acids is 1. The van der Waals surface area contributed by atoms with Gasteiger partial charge < -0.3 is 10.2 Å². The SMILES string of the molecule is CC(C)CCC[C@@H](C)[C@H]1CCC2C3CC(=O)[C@@]4(O)C[C@@H](O)CC[C@]4(C)C3CC[C@@]21C. The summed E-state index contributed by atoms with van der Waals surface area (Å²) in [5.41, 5.74) is -1.30. The largest absolute Gasteiger partial charge is 0.393 e. The third kappa shape index (κ3) is 3.33. The van der Waals surface area contributed by atoms with Crippen molar-refractivity contribution < 1.29 is 15.0 Å². The molecule has 0 spiro atoms. The molecule has 3 heteroatoms. The summed E-state index contributed by atoms with van der Waals surface area (Å²) in [5.74, 6) is 3.87. The first-order valence-corrected chi connectivity index (χ1v) is 13.0. The van der Waals surface area contributed by atoms with Crippen LogP contribution in [0, 0.1) is 46.3 Å². The predicted molar refractivity (Wildman–Crippen MR) is 121 cm³/mol. The van der Waals surface area contributed by atoms with Gasteiger partial charge in [0.05, 0.1) is 6.10 Å². The smallest absolute Gasteiger partial charge is 0.165 e. The van der Waals surface area contributed by atoms with Crippen molar-refractivity contribution in [2.45, 2.75) is 117 Å². The minimum Gasteiger partial charge on any atom is -0.393 e. The number of Topliss-reactive ketones (excluding diaryl/α,β-unsaturated/α-hetero) is 1. The second-order valence-corrected chi connectivity index (χ2v) is 12.7. The Morgan fingerprint density at radius 3 is 2.43 bits per heavy atom. The lowest BCUT2D eigenvalue weighted by molar-refractivity contribution is -0.213. The number of hydrogen-bond acceptors (Lipinski definition) is 3. The number of hydrogen-bond donors (Lipinski definition) is 2. The van der Waals surface area contributed by atoms with Crippen LogP contribution in [0.5, 0.6) is 0 Å². The van der Waals surface area contributed by atoms with Gasteiger partial charge in [-0.25, -0.2) is 0 Å². The van der Waals surface area contributed by atoms with Crippen molar-refractivity contribution >= 4 is 5.78 Å². The van der Waals surface area contributed by atoms with Crippen molar-refractivity contribution in [1.29, 1.82) is 0 Å². The summed E-state index contributed by atoms with van der Waals surface area (Å²) in [6, 6.07) is 0. The first-order valence-electron chi connectivity index (χ1n) is 13.0. The maximum Gasteiger partial charge on any atom is 0.165 e. The molecule has 0 aliphatic heterocycles. The summed E-state index contributed by atoms with van der Waals surface area (Å²) in [6.07, 6.45) is 10.8. The fraction of sp³-hybridized carbons (Fsp3) is 0.963. The van der Waals surface area contributed by atoms with E-state index in [1.165, 1.54) is 38.5 Å². The second kappa shape index (κ2) is 7.87. The summed E-state index contributed by atoms with van der Waals surface area (Å²) in [4.78, 5) is 13.3. The number of fused-ring (bicyclic) bond motifs is 5. The van der Waals surface area contributed by atoms with Crippen molar-refractivity contribution in [3.63, 3.8) is 0 Å². The lowest BCUT2D eigenvalue weighted by atomic mass is 9.42. The summed E-state index contributed by atoms with van der Waals surface area (Å²) in [7, 11) is 0. The molecule has 0 aromatic carbocycles. The summed E-state index contributed by atoms with van der Waals surface area (Å²) in [6.45, 7) is 11.9. The number of ketones is 1. The van der Waals surface area contributed by atoms with Crippen LogP contribution in [0.4, 0.5) is 0 Å². The van der Waals surface area contributed by atoms with Crippen molar-refractivity contribution in [3.05, 3.63) is 0 Å². The fourth-order valence-electron chi connectivity index (χ4n) is 9.04. The molecule has 0 saturated heterocycles. The number of aliphatic hydroxyl groups excluding tert-OH is 1. The van der Waals surface area contributed by atoms with Gasteiger partial charge in [-0.15, -0.1) is 0 Å². The van der Waals surface area contributed by atoms with Crippen molar-refractivity contribution in [2.75, 3.05) is 0 Å². The summed E-state index contributed by atoms with van der Waals surface area (Å²) < 4.78 is 0. The minimum atomic E-state index is -1.30. The highest BCUT2D eigenvalue weighted by molar-refractivity contribution is 5.89. The van der Waals surface area contributed by atoms with Crippen LogP contribution in [-0.2, 0) is 4.79 Å². The van der Waals surface area contributed by atoms with Crippen LogP contribution < -0.4 is 0 Å². The third-order valence-electron chi connectivity index (χ3n) is 10.8. The van der Waals surface area contributed by atoms with E-state index < -0.39 is 11.7 Å². The molecule has 0 aromatic rings. The van der Waals surface area contributed by atoms with Crippen molar-refractivity contribution in [2.24, 2.45) is 46.3 Å². The zero-order chi connectivity index (χ0) is 21.9. The number of rotatable bonds is 5. The van der Waals surface area contributed by atoms with E-state index in [0.717, 1.165) is 37.0 Å². The minimum absolute atomic E-state index is 0.0303. The van der Waals surface area contributed by atoms with E-state index in [9.17, 15) is 15.0 Å². The second-order valence-electron chi connectivity index (χ2n) is 12.7. The molecule has 4 rings (SSSR count). The lowest BCUT2D eigenvalue weighted by Crippen LogP contribution is -2.67. The van der Waals surface area contributed by atoms with E-state index in [-0.39, 0.29) is 17.6 Å². The molecule has 172 valence electrons. The van der Waals surface area contributed by atoms with Gasteiger partial charge in [0.25, 0.3) is 0 Å². The highest BCUT2D eigenvalue weighted by atomic mass is 16.3. The molecule has 4 aliphatic carbocycles. The van der Waals surface area contributed by atoms with Gasteiger partial charge in [0, 0.05) is 18.3 Å². The van der Waals surface area contributed by atoms with Gasteiger partial charge in [-0.2, -0.15) is 0 Å². The van der Waals surface area contributed by atoms with E-state index >= 15 is 0 Å². The Bertz CT molecular complexity index is 658. The molecule has 0 heterocycles. The van der Waals surface area contributed by atoms with Gasteiger partial charge >= 0.3 is 0 Å². The highest BCUT2D eigenvalue weighted by Gasteiger charge is 2.67. The molecule has 30 heavy (non-hydrogen) atoms. The lowest BCUT2D eigenvalue weighted by Gasteiger charge is -2.63. The van der Waals surface area contributed by atoms with E-state index in [0.29, 0.717) is 29.6 Å². The van der Waals surface area contributed by atoms with Gasteiger partial charge in [-0.3, -0.25) is 4.79 Å². The monoisotopic (exact) mass is 418 g/mol. The topological polar surface area (TPSA) is 57.5 Å². The first-order chi connectivity index (χ1) is 14.0. The van der Waals surface area contributed by atoms with Crippen LogP contribution >= 0.6 is 0 Å². The van der Waals surface area contributed by atoms with Crippen LogP contribution in [0.1, 0.15) is 105 Å². The van der Waals surface area contributed by atoms with Crippen LogP contribution in [0.25, 0.3) is 0 Å². The van der Waals surface area contributed by atoms with Gasteiger partial charge in [-0.05, 0) is 79.4 Å². The summed E-state index contributed by atoms with van der Waals surface area (Å²) in [5, 5.41) is 21.7. The molecule has 4 fully saturated rings. The quantitative estimate of drug-likeness (QED) is 0.596. The molecule has 3 nitrogen and oxygen atoms in total. The molecule has 0 aromatic heterocycles. The first kappa shape index (κ1) is 22.8. The molecule has 9 atom stereocenters. The third-order valence-corrected chi connectivity index (χ3v) is 10.8. The van der Waals surface area contributed by atoms with E-state index in [1.807, 2.05) is 0 Å². The Balaban J connectivity index is 1.54. The highest BCUT2D eigenvalue weighted by Crippen LogP contribution is 2.68. The van der Waals surface area contributed by atoms with E-state index in [4.69, 9.17) is 0 Å². The van der Waals surface area contributed by atoms with Crippen molar-refractivity contribution in [1.82, 2.24) is 0 Å². The maximum absolute atomic E-state index is 13.3. The zero-order valence-corrected chi connectivity index (χ0v) is 20.1. The summed E-state index contributed by atoms with van der Waals surface area (Å²) >= 11 is 0. The van der Waals surface area contributed by atoms with Gasteiger partial charge in [0.1, 0.15) is 5.60 Å². The van der Waals surface area contributed by atoms with E-state index in [2.05, 4.69) is 34.6 Å². The molecule has 0 radical (unpaired) electrons. The normalized spacial score (nSPS) is 49.5. The van der Waals surface area contributed by atoms with Crippen LogP contribution in [0.2, 0.25) is 0 Å². The molecule has 3 unspecified atom stereocenters. The van der Waals surface area contributed by atoms with Crippen LogP contribution in [0.3, 0.4) is 0 Å². The van der Waals surface area contributed by atoms with Crippen LogP contribution in [0.15, 0.2) is 0 Å². The zero-order valence-electron chi connectivity index (χ0n) is 20.1. The Morgan fingerprint density at radius 1 is 1.00 bits per heavy atom. The van der Waals surface area contributed by atoms with E-state index in [1.54, 1.807) is 0 Å². The Labute approximate surface area is 184 Å². The van der Waals surface area contributed by atoms with Gasteiger partial charge in [-0.1, -0.05) is 53.9 Å². The fourth-order valence-corrected chi connectivity index (χ4v) is 9.04. The standard InChI is InChI=1S/C27H46O3/c1-17(2)7-6-8-18(3)21-9-10-22-20-15-24(29)27(30)16-19(28)11-14-26(27,5)23(20)12-13-25(21,22)4/h17-23,28,30H,6-16H2,1-5H3/t18-,19+,20?,21-,22?,23?,25-,26-,27+/m1/s1. The average Bonchev–Trinajstić information content (AvgIpc) is 3.01. The molecular weight excluding hydrogens is 372 g/mol. The predicted octanol–water partition coefficient (Wildman–Crippen LogP) is 5.76. The number of carbonyl (C=O) groups is 1. The maximum atomic E-state index is 13.3. The molecular formula is C27H46O3. The molecule has 4 aliphatic rings. The molecule has 0 bridgehead atoms. The Kier molecular flexibility index (Phi) is 5.97. The molecule has 4 saturated carbocycles. The Morgan fingerprint density at radius 2 is 1.73 bits per heavy atom. The van der Waals surface area contributed by atoms with Gasteiger partial charge in [0.15, 0.2) is 5.78 Å². The Hall–Kier alpha value is -0.410.